The average Bonchev–Trinajstić information content (AvgIpc) is 2.45. The Hall–Kier alpha value is -0.870. The molecule has 0 aliphatic rings. The summed E-state index contributed by atoms with van der Waals surface area (Å²) in [6.45, 7) is 5.69. The van der Waals surface area contributed by atoms with Gasteiger partial charge in [0.15, 0.2) is 0 Å². The SMILES string of the molecule is CCCC/C=C\CCOC(=O)CCCNCCCN(C)C. The van der Waals surface area contributed by atoms with Crippen LogP contribution in [0.3, 0.4) is 0 Å². The van der Waals surface area contributed by atoms with Gasteiger partial charge < -0.3 is 15.0 Å². The van der Waals surface area contributed by atoms with Gasteiger partial charge in [0, 0.05) is 6.42 Å². The number of ether oxygens (including phenoxy) is 1. The quantitative estimate of drug-likeness (QED) is 0.304. The Kier molecular flexibility index (Phi) is 14.9. The van der Waals surface area contributed by atoms with Crippen LogP contribution < -0.4 is 5.32 Å². The molecule has 0 aromatic heterocycles. The van der Waals surface area contributed by atoms with Gasteiger partial charge in [0.1, 0.15) is 0 Å². The second kappa shape index (κ2) is 15.5. The molecule has 0 rings (SSSR count). The lowest BCUT2D eigenvalue weighted by atomic mass is 10.2. The predicted molar refractivity (Wildman–Crippen MR) is 89.5 cm³/mol. The first kappa shape index (κ1) is 20.1. The topological polar surface area (TPSA) is 41.6 Å². The van der Waals surface area contributed by atoms with Gasteiger partial charge in [0.2, 0.25) is 0 Å². The summed E-state index contributed by atoms with van der Waals surface area (Å²) in [6.07, 6.45) is 11.2. The first-order valence-corrected chi connectivity index (χ1v) is 8.33. The lowest BCUT2D eigenvalue weighted by Gasteiger charge is -2.09. The van der Waals surface area contributed by atoms with E-state index in [1.807, 2.05) is 0 Å². The van der Waals surface area contributed by atoms with Crippen molar-refractivity contribution in [2.24, 2.45) is 0 Å². The Bertz CT molecular complexity index is 266. The van der Waals surface area contributed by atoms with Crippen molar-refractivity contribution in [1.29, 1.82) is 0 Å². The maximum atomic E-state index is 11.5. The molecule has 4 heteroatoms. The molecule has 4 nitrogen and oxygen atoms in total. The number of carbonyl (C=O) groups excluding carboxylic acids is 1. The number of carbonyl (C=O) groups is 1. The van der Waals surface area contributed by atoms with Crippen LogP contribution in [0.15, 0.2) is 12.2 Å². The number of unbranched alkanes of at least 4 members (excludes halogenated alkanes) is 2. The molecule has 0 fully saturated rings. The molecule has 0 spiro atoms. The van der Waals surface area contributed by atoms with E-state index in [-0.39, 0.29) is 5.97 Å². The fraction of sp³-hybridized carbons (Fsp3) is 0.824. The summed E-state index contributed by atoms with van der Waals surface area (Å²) >= 11 is 0. The highest BCUT2D eigenvalue weighted by Crippen LogP contribution is 1.98. The third kappa shape index (κ3) is 17.1. The fourth-order valence-corrected chi connectivity index (χ4v) is 1.87. The van der Waals surface area contributed by atoms with Gasteiger partial charge in [0.25, 0.3) is 0 Å². The molecule has 0 unspecified atom stereocenters. The highest BCUT2D eigenvalue weighted by Gasteiger charge is 2.01. The third-order valence-electron chi connectivity index (χ3n) is 3.13. The maximum absolute atomic E-state index is 11.5. The lowest BCUT2D eigenvalue weighted by Crippen LogP contribution is -2.22. The van der Waals surface area contributed by atoms with Gasteiger partial charge in [-0.2, -0.15) is 0 Å². The molecule has 0 heterocycles. The predicted octanol–water partition coefficient (Wildman–Crippen LogP) is 2.99. The molecule has 0 aromatic rings. The molecule has 0 atom stereocenters. The number of esters is 1. The van der Waals surface area contributed by atoms with E-state index >= 15 is 0 Å². The van der Waals surface area contributed by atoms with Crippen LogP contribution in [-0.4, -0.2) is 51.2 Å². The zero-order valence-electron chi connectivity index (χ0n) is 14.2. The Morgan fingerprint density at radius 1 is 1.10 bits per heavy atom. The normalized spacial score (nSPS) is 11.4. The van der Waals surface area contributed by atoms with Gasteiger partial charge in [-0.15, -0.1) is 0 Å². The summed E-state index contributed by atoms with van der Waals surface area (Å²) in [5.41, 5.74) is 0. The minimum absolute atomic E-state index is 0.0768. The van der Waals surface area contributed by atoms with Crippen LogP contribution in [0.2, 0.25) is 0 Å². The molecule has 0 aromatic carbocycles. The number of nitrogens with zero attached hydrogens (tertiary/aromatic N) is 1. The van der Waals surface area contributed by atoms with Gasteiger partial charge in [-0.25, -0.2) is 0 Å². The highest BCUT2D eigenvalue weighted by atomic mass is 16.5. The maximum Gasteiger partial charge on any atom is 0.305 e. The molecule has 0 aliphatic heterocycles. The summed E-state index contributed by atoms with van der Waals surface area (Å²) in [5, 5.41) is 3.35. The van der Waals surface area contributed by atoms with E-state index in [0.29, 0.717) is 13.0 Å². The zero-order chi connectivity index (χ0) is 15.8. The Morgan fingerprint density at radius 2 is 1.81 bits per heavy atom. The molecular weight excluding hydrogens is 264 g/mol. The van der Waals surface area contributed by atoms with Crippen LogP contribution in [0.1, 0.15) is 51.9 Å². The zero-order valence-corrected chi connectivity index (χ0v) is 14.2. The van der Waals surface area contributed by atoms with Crippen molar-refractivity contribution in [2.45, 2.75) is 51.9 Å². The van der Waals surface area contributed by atoms with Gasteiger partial charge in [-0.1, -0.05) is 31.9 Å². The number of allylic oxidation sites excluding steroid dienone is 1. The van der Waals surface area contributed by atoms with E-state index in [4.69, 9.17) is 4.74 Å². The summed E-state index contributed by atoms with van der Waals surface area (Å²) in [4.78, 5) is 13.7. The van der Waals surface area contributed by atoms with Crippen molar-refractivity contribution in [1.82, 2.24) is 10.2 Å². The van der Waals surface area contributed by atoms with E-state index < -0.39 is 0 Å². The fourth-order valence-electron chi connectivity index (χ4n) is 1.87. The van der Waals surface area contributed by atoms with Gasteiger partial charge in [-0.3, -0.25) is 4.79 Å². The molecule has 0 radical (unpaired) electrons. The standard InChI is InChI=1S/C17H34N2O2/c1-4-5-6-7-8-9-16-21-17(20)12-10-13-18-14-11-15-19(2)3/h7-8,18H,4-6,9-16H2,1-3H3/b8-7-. The van der Waals surface area contributed by atoms with Crippen molar-refractivity contribution in [3.05, 3.63) is 12.2 Å². The first-order valence-electron chi connectivity index (χ1n) is 8.33. The summed E-state index contributed by atoms with van der Waals surface area (Å²) in [6, 6.07) is 0. The number of hydrogen-bond acceptors (Lipinski definition) is 4. The Balaban J connectivity index is 3.25. The van der Waals surface area contributed by atoms with E-state index in [1.165, 1.54) is 12.8 Å². The summed E-state index contributed by atoms with van der Waals surface area (Å²) < 4.78 is 5.18. The van der Waals surface area contributed by atoms with Crippen LogP contribution in [-0.2, 0) is 9.53 Å². The molecule has 124 valence electrons. The molecular formula is C17H34N2O2. The second-order valence-electron chi connectivity index (χ2n) is 5.63. The molecule has 0 saturated carbocycles. The van der Waals surface area contributed by atoms with Crippen molar-refractivity contribution in [3.63, 3.8) is 0 Å². The number of nitrogens with one attached hydrogen (secondary N) is 1. The van der Waals surface area contributed by atoms with Crippen LogP contribution >= 0.6 is 0 Å². The molecule has 0 bridgehead atoms. The summed E-state index contributed by atoms with van der Waals surface area (Å²) in [7, 11) is 4.16. The van der Waals surface area contributed by atoms with Crippen molar-refractivity contribution < 1.29 is 9.53 Å². The minimum Gasteiger partial charge on any atom is -0.465 e. The van der Waals surface area contributed by atoms with Gasteiger partial charge in [-0.05, 0) is 59.4 Å². The second-order valence-corrected chi connectivity index (χ2v) is 5.63. The molecule has 0 saturated heterocycles. The van der Waals surface area contributed by atoms with E-state index in [1.54, 1.807) is 0 Å². The van der Waals surface area contributed by atoms with Crippen molar-refractivity contribution >= 4 is 5.97 Å². The monoisotopic (exact) mass is 298 g/mol. The first-order chi connectivity index (χ1) is 10.2. The smallest absolute Gasteiger partial charge is 0.305 e. The van der Waals surface area contributed by atoms with E-state index in [2.05, 4.69) is 43.4 Å². The molecule has 1 N–H and O–H groups in total. The Morgan fingerprint density at radius 3 is 2.52 bits per heavy atom. The van der Waals surface area contributed by atoms with Crippen LogP contribution in [0, 0.1) is 0 Å². The van der Waals surface area contributed by atoms with Gasteiger partial charge in [0.05, 0.1) is 6.61 Å². The number of rotatable bonds is 14. The number of hydrogen-bond donors (Lipinski definition) is 1. The largest absolute Gasteiger partial charge is 0.465 e. The van der Waals surface area contributed by atoms with Gasteiger partial charge >= 0.3 is 5.97 Å². The molecule has 21 heavy (non-hydrogen) atoms. The van der Waals surface area contributed by atoms with Crippen molar-refractivity contribution in [2.75, 3.05) is 40.3 Å². The average molecular weight is 298 g/mol. The summed E-state index contributed by atoms with van der Waals surface area (Å²) in [5.74, 6) is -0.0768. The van der Waals surface area contributed by atoms with Crippen LogP contribution in [0.4, 0.5) is 0 Å². The van der Waals surface area contributed by atoms with Crippen molar-refractivity contribution in [3.8, 4) is 0 Å². The van der Waals surface area contributed by atoms with E-state index in [0.717, 1.165) is 45.3 Å². The molecule has 0 aliphatic carbocycles. The third-order valence-corrected chi connectivity index (χ3v) is 3.13. The minimum atomic E-state index is -0.0768. The lowest BCUT2D eigenvalue weighted by molar-refractivity contribution is -0.143. The van der Waals surface area contributed by atoms with E-state index in [9.17, 15) is 4.79 Å². The molecule has 0 amide bonds. The Labute approximate surface area is 130 Å². The highest BCUT2D eigenvalue weighted by molar-refractivity contribution is 5.69. The van der Waals surface area contributed by atoms with Crippen LogP contribution in [0.25, 0.3) is 0 Å². The van der Waals surface area contributed by atoms with Crippen LogP contribution in [0.5, 0.6) is 0 Å².